The van der Waals surface area contributed by atoms with Gasteiger partial charge in [-0.3, -0.25) is 14.8 Å². The highest BCUT2D eigenvalue weighted by Gasteiger charge is 2.59. The lowest BCUT2D eigenvalue weighted by molar-refractivity contribution is -0.160. The highest BCUT2D eigenvalue weighted by Crippen LogP contribution is 2.62. The molecular weight excluding hydrogens is 432 g/mol. The molecule has 0 aliphatic heterocycles. The molecule has 0 amide bonds. The van der Waals surface area contributed by atoms with Crippen LogP contribution in [0.4, 0.5) is 0 Å². The van der Waals surface area contributed by atoms with Gasteiger partial charge in [-0.15, -0.1) is 0 Å². The summed E-state index contributed by atoms with van der Waals surface area (Å²) in [4.78, 5) is 22.2. The first-order valence-corrected chi connectivity index (χ1v) is 14.6. The number of ether oxygens (including phenoxy) is 1. The number of hydrogen-bond acceptors (Lipinski definition) is 4. The lowest BCUT2D eigenvalue weighted by Gasteiger charge is -2.59. The van der Waals surface area contributed by atoms with E-state index in [1.54, 1.807) is 6.92 Å². The first kappa shape index (κ1) is 29.8. The van der Waals surface area contributed by atoms with Crippen LogP contribution in [0, 0.1) is 22.7 Å². The van der Waals surface area contributed by atoms with Gasteiger partial charge in [0.05, 0.1) is 5.41 Å². The van der Waals surface area contributed by atoms with E-state index in [-0.39, 0.29) is 28.9 Å². The average Bonchev–Trinajstić information content (AvgIpc) is 2.86. The molecular formula is C31H54N2O2. The minimum atomic E-state index is -0.330. The van der Waals surface area contributed by atoms with Gasteiger partial charge in [0.2, 0.25) is 0 Å². The van der Waals surface area contributed by atoms with E-state index < -0.39 is 0 Å². The van der Waals surface area contributed by atoms with Gasteiger partial charge in [-0.05, 0) is 76.5 Å². The fraction of sp³-hybridized carbons (Fsp3) is 0.839. The van der Waals surface area contributed by atoms with E-state index in [1.807, 2.05) is 7.05 Å². The Morgan fingerprint density at radius 3 is 2.34 bits per heavy atom. The molecule has 4 nitrogen and oxygen atoms in total. The van der Waals surface area contributed by atoms with E-state index >= 15 is 0 Å². The van der Waals surface area contributed by atoms with Crippen molar-refractivity contribution in [2.45, 2.75) is 137 Å². The van der Waals surface area contributed by atoms with Crippen molar-refractivity contribution < 1.29 is 9.53 Å². The third-order valence-corrected chi connectivity index (χ3v) is 9.46. The number of allylic oxidation sites excluding steroid dienone is 1. The number of esters is 1. The predicted octanol–water partition coefficient (Wildman–Crippen LogP) is 8.39. The van der Waals surface area contributed by atoms with Crippen molar-refractivity contribution >= 4 is 17.9 Å². The SMILES string of the molecule is C=C(C1CCC(=NC)CC1)C1(C(C)CC)CCCCCC(OC(C)=O)C1(C=NC(C)CC)CCC. The topological polar surface area (TPSA) is 51.0 Å². The number of carbonyl (C=O) groups is 1. The van der Waals surface area contributed by atoms with E-state index in [1.165, 1.54) is 24.1 Å². The molecule has 200 valence electrons. The number of hydrogen-bond donors (Lipinski definition) is 0. The molecule has 0 N–H and O–H groups in total. The van der Waals surface area contributed by atoms with Crippen molar-refractivity contribution in [3.8, 4) is 0 Å². The zero-order valence-corrected chi connectivity index (χ0v) is 24.0. The Morgan fingerprint density at radius 2 is 1.80 bits per heavy atom. The second-order valence-corrected chi connectivity index (χ2v) is 11.4. The molecule has 5 atom stereocenters. The van der Waals surface area contributed by atoms with Crippen molar-refractivity contribution in [2.75, 3.05) is 7.05 Å². The van der Waals surface area contributed by atoms with Gasteiger partial charge in [0, 0.05) is 37.4 Å². The molecule has 0 radical (unpaired) electrons. The summed E-state index contributed by atoms with van der Waals surface area (Å²) in [5, 5.41) is 0. The number of rotatable bonds is 10. The van der Waals surface area contributed by atoms with Crippen molar-refractivity contribution in [1.82, 2.24) is 0 Å². The number of aliphatic imine (C=N–C) groups is 2. The van der Waals surface area contributed by atoms with E-state index in [0.29, 0.717) is 11.8 Å². The predicted molar refractivity (Wildman–Crippen MR) is 151 cm³/mol. The summed E-state index contributed by atoms with van der Waals surface area (Å²) in [6.45, 7) is 18.0. The minimum absolute atomic E-state index is 0.138. The monoisotopic (exact) mass is 486 g/mol. The summed E-state index contributed by atoms with van der Waals surface area (Å²) in [6.07, 6.45) is 16.2. The van der Waals surface area contributed by atoms with Crippen LogP contribution in [-0.4, -0.2) is 37.1 Å². The molecule has 4 heteroatoms. The molecule has 35 heavy (non-hydrogen) atoms. The Kier molecular flexibility index (Phi) is 11.7. The van der Waals surface area contributed by atoms with Gasteiger partial charge in [0.1, 0.15) is 6.10 Å². The maximum atomic E-state index is 12.5. The van der Waals surface area contributed by atoms with E-state index in [2.05, 4.69) is 45.8 Å². The molecule has 2 rings (SSSR count). The largest absolute Gasteiger partial charge is 0.462 e. The second-order valence-electron chi connectivity index (χ2n) is 11.4. The molecule has 0 aromatic carbocycles. The molecule has 0 aromatic rings. The molecule has 5 unspecified atom stereocenters. The zero-order chi connectivity index (χ0) is 26.1. The van der Waals surface area contributed by atoms with Crippen LogP contribution in [0.5, 0.6) is 0 Å². The molecule has 2 aliphatic rings. The van der Waals surface area contributed by atoms with Gasteiger partial charge in [0.15, 0.2) is 0 Å². The lowest BCUT2D eigenvalue weighted by Crippen LogP contribution is -2.58. The fourth-order valence-electron chi connectivity index (χ4n) is 7.20. The smallest absolute Gasteiger partial charge is 0.302 e. The summed E-state index contributed by atoms with van der Waals surface area (Å²) >= 11 is 0. The normalized spacial score (nSPS) is 31.9. The van der Waals surface area contributed by atoms with E-state index in [0.717, 1.165) is 70.6 Å². The highest BCUT2D eigenvalue weighted by molar-refractivity contribution is 5.85. The lowest BCUT2D eigenvalue weighted by atomic mass is 9.46. The standard InChI is InChI=1S/C31H54N2O2/c1-9-20-30(22-33-24(5)11-3)29(35-26(7)34)15-13-12-14-21-31(30,23(4)10-2)25(6)27-16-18-28(32-8)19-17-27/h22-24,27,29H,6,9-21H2,1-5,7-8H3. The molecule has 2 fully saturated rings. The Labute approximate surface area is 216 Å². The minimum Gasteiger partial charge on any atom is -0.462 e. The summed E-state index contributed by atoms with van der Waals surface area (Å²) < 4.78 is 6.29. The number of carbonyl (C=O) groups excluding carboxylic acids is 1. The average molecular weight is 487 g/mol. The third kappa shape index (κ3) is 6.46. The van der Waals surface area contributed by atoms with Gasteiger partial charge >= 0.3 is 5.97 Å². The van der Waals surface area contributed by atoms with Crippen LogP contribution >= 0.6 is 0 Å². The summed E-state index contributed by atoms with van der Waals surface area (Å²) in [7, 11) is 1.93. The summed E-state index contributed by atoms with van der Waals surface area (Å²) in [5.74, 6) is 0.751. The van der Waals surface area contributed by atoms with E-state index in [9.17, 15) is 4.79 Å². The van der Waals surface area contributed by atoms with Gasteiger partial charge in [-0.1, -0.05) is 65.5 Å². The van der Waals surface area contributed by atoms with Gasteiger partial charge in [-0.25, -0.2) is 0 Å². The van der Waals surface area contributed by atoms with Crippen LogP contribution in [0.15, 0.2) is 22.1 Å². The Morgan fingerprint density at radius 1 is 1.11 bits per heavy atom. The third-order valence-electron chi connectivity index (χ3n) is 9.46. The molecule has 0 bridgehead atoms. The van der Waals surface area contributed by atoms with Crippen LogP contribution < -0.4 is 0 Å². The maximum Gasteiger partial charge on any atom is 0.302 e. The summed E-state index contributed by atoms with van der Waals surface area (Å²) in [5.41, 5.74) is 2.29. The van der Waals surface area contributed by atoms with Crippen molar-refractivity contribution in [3.05, 3.63) is 12.2 Å². The van der Waals surface area contributed by atoms with Crippen LogP contribution in [0.1, 0.15) is 125 Å². The first-order valence-electron chi connectivity index (χ1n) is 14.6. The van der Waals surface area contributed by atoms with Crippen molar-refractivity contribution in [2.24, 2.45) is 32.7 Å². The Balaban J connectivity index is 2.78. The fourth-order valence-corrected chi connectivity index (χ4v) is 7.20. The van der Waals surface area contributed by atoms with Crippen LogP contribution in [0.3, 0.4) is 0 Å². The first-order chi connectivity index (χ1) is 16.7. The molecule has 0 aromatic heterocycles. The van der Waals surface area contributed by atoms with Crippen LogP contribution in [0.25, 0.3) is 0 Å². The van der Waals surface area contributed by atoms with E-state index in [4.69, 9.17) is 16.3 Å². The van der Waals surface area contributed by atoms with Crippen molar-refractivity contribution in [1.29, 1.82) is 0 Å². The van der Waals surface area contributed by atoms with Crippen molar-refractivity contribution in [3.63, 3.8) is 0 Å². The van der Waals surface area contributed by atoms with Gasteiger partial charge in [0.25, 0.3) is 0 Å². The quantitative estimate of drug-likeness (QED) is 0.177. The Hall–Kier alpha value is -1.45. The molecule has 0 spiro atoms. The second kappa shape index (κ2) is 13.7. The zero-order valence-electron chi connectivity index (χ0n) is 24.0. The van der Waals surface area contributed by atoms with Gasteiger partial charge < -0.3 is 4.74 Å². The Bertz CT molecular complexity index is 747. The van der Waals surface area contributed by atoms with Gasteiger partial charge in [-0.2, -0.15) is 0 Å². The number of nitrogens with zero attached hydrogens (tertiary/aromatic N) is 2. The highest BCUT2D eigenvalue weighted by atomic mass is 16.5. The molecule has 2 saturated carbocycles. The molecule has 0 saturated heterocycles. The molecule has 2 aliphatic carbocycles. The van der Waals surface area contributed by atoms with Crippen LogP contribution in [-0.2, 0) is 9.53 Å². The maximum absolute atomic E-state index is 12.5. The summed E-state index contributed by atoms with van der Waals surface area (Å²) in [6, 6.07) is 0.257. The van der Waals surface area contributed by atoms with Crippen LogP contribution in [0.2, 0.25) is 0 Å². The molecule has 0 heterocycles.